The quantitative estimate of drug-likeness (QED) is 0.353. The Morgan fingerprint density at radius 2 is 2.21 bits per heavy atom. The summed E-state index contributed by atoms with van der Waals surface area (Å²) >= 11 is 1.36. The Morgan fingerprint density at radius 1 is 1.34 bits per heavy atom. The van der Waals surface area contributed by atoms with E-state index in [-0.39, 0.29) is 25.7 Å². The summed E-state index contributed by atoms with van der Waals surface area (Å²) in [6, 6.07) is 10.7. The number of rotatable bonds is 7. The highest BCUT2D eigenvalue weighted by atomic mass is 32.2. The number of non-ortho nitro benzene ring substituents is 1. The number of thioether (sulfide) groups is 1. The molecule has 150 valence electrons. The molecule has 1 aliphatic rings. The van der Waals surface area contributed by atoms with Crippen LogP contribution in [0.4, 0.5) is 5.69 Å². The van der Waals surface area contributed by atoms with Crippen LogP contribution in [0.5, 0.6) is 11.5 Å². The predicted molar refractivity (Wildman–Crippen MR) is 105 cm³/mol. The zero-order valence-corrected chi connectivity index (χ0v) is 16.4. The number of hydrogen-bond acceptors (Lipinski definition) is 8. The molecule has 0 bridgehead atoms. The predicted octanol–water partition coefficient (Wildman–Crippen LogP) is 3.76. The third kappa shape index (κ3) is 4.49. The number of hydrogen-bond donors (Lipinski definition) is 1. The standard InChI is InChI=1S/C19H18N4O5S/c1-12-4-2-3-5-16(12)27-9-17-20-19(22-21-17)29-10-14-7-15(23(24)25)6-13-8-26-11-28-18(13)14/h2-7H,8-11H2,1H3,(H,20,21,22). The smallest absolute Gasteiger partial charge is 0.270 e. The van der Waals surface area contributed by atoms with E-state index >= 15 is 0 Å². The number of nitro benzene ring substituents is 1. The largest absolute Gasteiger partial charge is 0.485 e. The minimum atomic E-state index is -0.420. The van der Waals surface area contributed by atoms with E-state index in [2.05, 4.69) is 15.2 Å². The SMILES string of the molecule is Cc1ccccc1OCc1nc(SCc2cc([N+](=O)[O-])cc3c2OCOC3)n[nH]1. The average molecular weight is 414 g/mol. The van der Waals surface area contributed by atoms with E-state index in [4.69, 9.17) is 14.2 Å². The second kappa shape index (κ2) is 8.50. The van der Waals surface area contributed by atoms with Gasteiger partial charge in [-0.2, -0.15) is 0 Å². The van der Waals surface area contributed by atoms with Crippen LogP contribution >= 0.6 is 11.8 Å². The molecule has 4 rings (SSSR count). The minimum Gasteiger partial charge on any atom is -0.485 e. The van der Waals surface area contributed by atoms with Gasteiger partial charge in [-0.3, -0.25) is 15.2 Å². The molecule has 2 aromatic carbocycles. The molecule has 9 nitrogen and oxygen atoms in total. The number of nitrogens with one attached hydrogen (secondary N) is 1. The van der Waals surface area contributed by atoms with E-state index in [1.54, 1.807) is 0 Å². The van der Waals surface area contributed by atoms with Crippen LogP contribution in [0.25, 0.3) is 0 Å². The summed E-state index contributed by atoms with van der Waals surface area (Å²) in [5.41, 5.74) is 2.44. The van der Waals surface area contributed by atoms with Gasteiger partial charge < -0.3 is 14.2 Å². The maximum Gasteiger partial charge on any atom is 0.270 e. The first-order chi connectivity index (χ1) is 14.1. The highest BCUT2D eigenvalue weighted by Gasteiger charge is 2.21. The lowest BCUT2D eigenvalue weighted by Gasteiger charge is -2.20. The fraction of sp³-hybridized carbons (Fsp3) is 0.263. The highest BCUT2D eigenvalue weighted by molar-refractivity contribution is 7.98. The monoisotopic (exact) mass is 414 g/mol. The van der Waals surface area contributed by atoms with Gasteiger partial charge in [-0.25, -0.2) is 4.98 Å². The van der Waals surface area contributed by atoms with Gasteiger partial charge in [-0.1, -0.05) is 30.0 Å². The Bertz CT molecular complexity index is 1040. The number of para-hydroxylation sites is 1. The molecule has 0 amide bonds. The molecule has 0 radical (unpaired) electrons. The van der Waals surface area contributed by atoms with Crippen molar-refractivity contribution in [2.75, 3.05) is 6.79 Å². The van der Waals surface area contributed by atoms with Crippen molar-refractivity contribution in [1.29, 1.82) is 0 Å². The number of fused-ring (bicyclic) bond motifs is 1. The Morgan fingerprint density at radius 3 is 3.03 bits per heavy atom. The summed E-state index contributed by atoms with van der Waals surface area (Å²) in [6.45, 7) is 2.66. The first-order valence-electron chi connectivity index (χ1n) is 8.83. The summed E-state index contributed by atoms with van der Waals surface area (Å²) < 4.78 is 16.5. The fourth-order valence-corrected chi connectivity index (χ4v) is 3.69. The third-order valence-electron chi connectivity index (χ3n) is 4.31. The van der Waals surface area contributed by atoms with Crippen LogP contribution < -0.4 is 9.47 Å². The molecule has 0 spiro atoms. The van der Waals surface area contributed by atoms with Crippen LogP contribution in [0.2, 0.25) is 0 Å². The van der Waals surface area contributed by atoms with Gasteiger partial charge in [0.25, 0.3) is 5.69 Å². The minimum absolute atomic E-state index is 0.00996. The van der Waals surface area contributed by atoms with E-state index in [0.717, 1.165) is 11.3 Å². The molecule has 0 saturated heterocycles. The van der Waals surface area contributed by atoms with Gasteiger partial charge >= 0.3 is 0 Å². The number of benzene rings is 2. The molecule has 0 aliphatic carbocycles. The molecule has 0 unspecified atom stereocenters. The molecule has 3 aromatic rings. The number of ether oxygens (including phenoxy) is 3. The topological polar surface area (TPSA) is 112 Å². The van der Waals surface area contributed by atoms with Crippen LogP contribution in [0.15, 0.2) is 41.6 Å². The van der Waals surface area contributed by atoms with Crippen LogP contribution in [-0.4, -0.2) is 26.9 Å². The molecule has 0 fully saturated rings. The number of aromatic amines is 1. The summed E-state index contributed by atoms with van der Waals surface area (Å²) in [5, 5.41) is 18.8. The van der Waals surface area contributed by atoms with E-state index in [9.17, 15) is 10.1 Å². The van der Waals surface area contributed by atoms with Gasteiger partial charge in [0.15, 0.2) is 12.6 Å². The maximum absolute atomic E-state index is 11.2. The van der Waals surface area contributed by atoms with E-state index in [1.807, 2.05) is 31.2 Å². The zero-order valence-electron chi connectivity index (χ0n) is 15.6. The van der Waals surface area contributed by atoms with Crippen molar-refractivity contribution in [1.82, 2.24) is 15.2 Å². The molecule has 1 N–H and O–H groups in total. The average Bonchev–Trinajstić information content (AvgIpc) is 3.19. The van der Waals surface area contributed by atoms with E-state index < -0.39 is 4.92 Å². The van der Waals surface area contributed by atoms with Crippen LogP contribution in [0.1, 0.15) is 22.5 Å². The molecule has 10 heteroatoms. The van der Waals surface area contributed by atoms with Gasteiger partial charge in [0.2, 0.25) is 5.16 Å². The summed E-state index contributed by atoms with van der Waals surface area (Å²) in [4.78, 5) is 15.2. The van der Waals surface area contributed by atoms with Crippen molar-refractivity contribution in [3.05, 3.63) is 69.0 Å². The Kier molecular flexibility index (Phi) is 5.63. The Hall–Kier alpha value is -3.11. The Labute approximate surface area is 170 Å². The molecule has 0 saturated carbocycles. The normalized spacial score (nSPS) is 12.9. The van der Waals surface area contributed by atoms with Gasteiger partial charge in [-0.15, -0.1) is 5.10 Å². The lowest BCUT2D eigenvalue weighted by molar-refractivity contribution is -0.385. The van der Waals surface area contributed by atoms with Crippen molar-refractivity contribution in [2.24, 2.45) is 0 Å². The van der Waals surface area contributed by atoms with Gasteiger partial charge in [0, 0.05) is 29.0 Å². The fourth-order valence-electron chi connectivity index (χ4n) is 2.91. The van der Waals surface area contributed by atoms with Crippen molar-refractivity contribution in [3.8, 4) is 11.5 Å². The molecular formula is C19H18N4O5S. The van der Waals surface area contributed by atoms with Crippen LogP contribution in [0.3, 0.4) is 0 Å². The van der Waals surface area contributed by atoms with Crippen molar-refractivity contribution >= 4 is 17.4 Å². The number of nitrogens with zero attached hydrogens (tertiary/aromatic N) is 3. The van der Waals surface area contributed by atoms with Gasteiger partial charge in [0.05, 0.1) is 11.5 Å². The maximum atomic E-state index is 11.2. The van der Waals surface area contributed by atoms with Crippen molar-refractivity contribution < 1.29 is 19.1 Å². The number of H-pyrrole nitrogens is 1. The number of aromatic nitrogens is 3. The van der Waals surface area contributed by atoms with Crippen LogP contribution in [0, 0.1) is 17.0 Å². The lowest BCUT2D eigenvalue weighted by Crippen LogP contribution is -2.13. The van der Waals surface area contributed by atoms with Crippen molar-refractivity contribution in [2.45, 2.75) is 31.0 Å². The van der Waals surface area contributed by atoms with Gasteiger partial charge in [-0.05, 0) is 18.6 Å². The third-order valence-corrected chi connectivity index (χ3v) is 5.20. The van der Waals surface area contributed by atoms with E-state index in [0.29, 0.717) is 33.6 Å². The second-order valence-corrected chi connectivity index (χ2v) is 7.31. The summed E-state index contributed by atoms with van der Waals surface area (Å²) in [6.07, 6.45) is 0. The first kappa shape index (κ1) is 19.2. The van der Waals surface area contributed by atoms with Crippen molar-refractivity contribution in [3.63, 3.8) is 0 Å². The Balaban J connectivity index is 1.43. The molecular weight excluding hydrogens is 396 g/mol. The second-order valence-electron chi connectivity index (χ2n) is 6.37. The van der Waals surface area contributed by atoms with E-state index in [1.165, 1.54) is 23.9 Å². The van der Waals surface area contributed by atoms with Crippen LogP contribution in [-0.2, 0) is 23.7 Å². The molecule has 0 atom stereocenters. The number of nitro groups is 1. The zero-order chi connectivity index (χ0) is 20.2. The highest BCUT2D eigenvalue weighted by Crippen LogP contribution is 2.35. The molecule has 2 heterocycles. The first-order valence-corrected chi connectivity index (χ1v) is 9.82. The summed E-state index contributed by atoms with van der Waals surface area (Å²) in [7, 11) is 0. The number of aryl methyl sites for hydroxylation is 1. The molecule has 1 aromatic heterocycles. The van der Waals surface area contributed by atoms with Gasteiger partial charge in [0.1, 0.15) is 18.1 Å². The lowest BCUT2D eigenvalue weighted by atomic mass is 10.1. The molecule has 1 aliphatic heterocycles. The summed E-state index contributed by atoms with van der Waals surface area (Å²) in [5.74, 6) is 2.45. The molecule has 29 heavy (non-hydrogen) atoms.